The molecule has 0 aliphatic carbocycles. The lowest BCUT2D eigenvalue weighted by Gasteiger charge is -2.18. The SMILES string of the molecule is CCN(CC)c1nccc(C(=O)NCc2ccccc2OC)n1. The van der Waals surface area contributed by atoms with Gasteiger partial charge in [-0.1, -0.05) is 18.2 Å². The largest absolute Gasteiger partial charge is 0.496 e. The van der Waals surface area contributed by atoms with E-state index in [1.165, 1.54) is 0 Å². The second-order valence-corrected chi connectivity index (χ2v) is 4.91. The van der Waals surface area contributed by atoms with Gasteiger partial charge in [-0.3, -0.25) is 4.79 Å². The van der Waals surface area contributed by atoms with Crippen LogP contribution in [0, 0.1) is 0 Å². The molecule has 0 atom stereocenters. The Hall–Kier alpha value is -2.63. The molecule has 1 aromatic heterocycles. The average molecular weight is 314 g/mol. The highest BCUT2D eigenvalue weighted by atomic mass is 16.5. The van der Waals surface area contributed by atoms with Gasteiger partial charge in [0.15, 0.2) is 0 Å². The summed E-state index contributed by atoms with van der Waals surface area (Å²) >= 11 is 0. The van der Waals surface area contributed by atoms with E-state index in [1.807, 2.05) is 43.0 Å². The summed E-state index contributed by atoms with van der Waals surface area (Å²) in [6.45, 7) is 6.03. The first kappa shape index (κ1) is 16.7. The first-order valence-electron chi connectivity index (χ1n) is 7.67. The number of carbonyl (C=O) groups excluding carboxylic acids is 1. The van der Waals surface area contributed by atoms with Crippen LogP contribution in [0.25, 0.3) is 0 Å². The molecule has 2 aromatic rings. The molecule has 6 heteroatoms. The lowest BCUT2D eigenvalue weighted by atomic mass is 10.2. The quantitative estimate of drug-likeness (QED) is 0.849. The molecule has 0 saturated heterocycles. The molecule has 2 rings (SSSR count). The molecule has 0 fully saturated rings. The molecular weight excluding hydrogens is 292 g/mol. The first-order chi connectivity index (χ1) is 11.2. The molecule has 0 spiro atoms. The van der Waals surface area contributed by atoms with Crippen molar-refractivity contribution in [3.05, 3.63) is 47.8 Å². The maximum atomic E-state index is 12.3. The number of benzene rings is 1. The summed E-state index contributed by atoms with van der Waals surface area (Å²) in [5.41, 5.74) is 1.28. The van der Waals surface area contributed by atoms with Gasteiger partial charge in [0.25, 0.3) is 5.91 Å². The molecule has 0 bridgehead atoms. The number of aromatic nitrogens is 2. The van der Waals surface area contributed by atoms with E-state index < -0.39 is 0 Å². The average Bonchev–Trinajstić information content (AvgIpc) is 2.61. The summed E-state index contributed by atoms with van der Waals surface area (Å²) in [5.74, 6) is 1.09. The number of methoxy groups -OCH3 is 1. The van der Waals surface area contributed by atoms with Crippen molar-refractivity contribution in [1.29, 1.82) is 0 Å². The van der Waals surface area contributed by atoms with Crippen LogP contribution in [-0.2, 0) is 6.54 Å². The molecule has 0 unspecified atom stereocenters. The van der Waals surface area contributed by atoms with Crippen molar-refractivity contribution in [3.8, 4) is 5.75 Å². The van der Waals surface area contributed by atoms with Crippen LogP contribution in [0.2, 0.25) is 0 Å². The number of amides is 1. The zero-order chi connectivity index (χ0) is 16.7. The molecule has 0 aliphatic heterocycles. The van der Waals surface area contributed by atoms with Crippen molar-refractivity contribution < 1.29 is 9.53 Å². The van der Waals surface area contributed by atoms with Crippen LogP contribution >= 0.6 is 0 Å². The van der Waals surface area contributed by atoms with E-state index in [2.05, 4.69) is 15.3 Å². The third-order valence-electron chi connectivity index (χ3n) is 3.55. The van der Waals surface area contributed by atoms with Gasteiger partial charge < -0.3 is 15.0 Å². The number of hydrogen-bond donors (Lipinski definition) is 1. The number of carbonyl (C=O) groups is 1. The Balaban J connectivity index is 2.07. The monoisotopic (exact) mass is 314 g/mol. The van der Waals surface area contributed by atoms with E-state index in [4.69, 9.17) is 4.74 Å². The molecule has 122 valence electrons. The Morgan fingerprint density at radius 1 is 1.22 bits per heavy atom. The van der Waals surface area contributed by atoms with Crippen LogP contribution < -0.4 is 15.0 Å². The molecule has 0 radical (unpaired) electrons. The molecule has 1 heterocycles. The fourth-order valence-corrected chi connectivity index (χ4v) is 2.25. The third kappa shape index (κ3) is 4.18. The van der Waals surface area contributed by atoms with Crippen LogP contribution in [0.5, 0.6) is 5.75 Å². The third-order valence-corrected chi connectivity index (χ3v) is 3.55. The lowest BCUT2D eigenvalue weighted by molar-refractivity contribution is 0.0945. The van der Waals surface area contributed by atoms with E-state index in [0.29, 0.717) is 18.2 Å². The van der Waals surface area contributed by atoms with Crippen LogP contribution in [0.1, 0.15) is 29.9 Å². The van der Waals surface area contributed by atoms with Gasteiger partial charge >= 0.3 is 0 Å². The summed E-state index contributed by atoms with van der Waals surface area (Å²) < 4.78 is 5.28. The predicted octanol–water partition coefficient (Wildman–Crippen LogP) is 2.26. The number of rotatable bonds is 7. The summed E-state index contributed by atoms with van der Waals surface area (Å²) in [6.07, 6.45) is 1.61. The number of hydrogen-bond acceptors (Lipinski definition) is 5. The Morgan fingerprint density at radius 3 is 2.65 bits per heavy atom. The van der Waals surface area contributed by atoms with Gasteiger partial charge in [-0.15, -0.1) is 0 Å². The van der Waals surface area contributed by atoms with Crippen LogP contribution in [0.4, 0.5) is 5.95 Å². The molecule has 1 N–H and O–H groups in total. The van der Waals surface area contributed by atoms with Crippen molar-refractivity contribution >= 4 is 11.9 Å². The van der Waals surface area contributed by atoms with E-state index in [0.717, 1.165) is 24.4 Å². The Kier molecular flexibility index (Phi) is 5.91. The van der Waals surface area contributed by atoms with Crippen molar-refractivity contribution in [3.63, 3.8) is 0 Å². The summed E-state index contributed by atoms with van der Waals surface area (Å²) in [7, 11) is 1.61. The van der Waals surface area contributed by atoms with Crippen LogP contribution in [0.3, 0.4) is 0 Å². The Labute approximate surface area is 136 Å². The molecular formula is C17H22N4O2. The van der Waals surface area contributed by atoms with Gasteiger partial charge in [-0.2, -0.15) is 0 Å². The van der Waals surface area contributed by atoms with Gasteiger partial charge in [-0.25, -0.2) is 9.97 Å². The topological polar surface area (TPSA) is 67.4 Å². The fraction of sp³-hybridized carbons (Fsp3) is 0.353. The fourth-order valence-electron chi connectivity index (χ4n) is 2.25. The minimum atomic E-state index is -0.230. The predicted molar refractivity (Wildman–Crippen MR) is 89.8 cm³/mol. The zero-order valence-electron chi connectivity index (χ0n) is 13.7. The number of ether oxygens (including phenoxy) is 1. The second-order valence-electron chi connectivity index (χ2n) is 4.91. The normalized spacial score (nSPS) is 10.2. The number of nitrogens with zero attached hydrogens (tertiary/aromatic N) is 3. The lowest BCUT2D eigenvalue weighted by Crippen LogP contribution is -2.27. The van der Waals surface area contributed by atoms with Gasteiger partial charge in [0, 0.05) is 31.4 Å². The van der Waals surface area contributed by atoms with Crippen LogP contribution in [0.15, 0.2) is 36.5 Å². The highest BCUT2D eigenvalue weighted by Crippen LogP contribution is 2.16. The van der Waals surface area contributed by atoms with Gasteiger partial charge in [0.05, 0.1) is 7.11 Å². The highest BCUT2D eigenvalue weighted by Gasteiger charge is 2.12. The number of nitrogens with one attached hydrogen (secondary N) is 1. The van der Waals surface area contributed by atoms with Crippen molar-refractivity contribution in [2.24, 2.45) is 0 Å². The maximum absolute atomic E-state index is 12.3. The van der Waals surface area contributed by atoms with E-state index in [1.54, 1.807) is 19.4 Å². The minimum Gasteiger partial charge on any atom is -0.496 e. The summed E-state index contributed by atoms with van der Waals surface area (Å²) in [6, 6.07) is 9.20. The molecule has 0 saturated carbocycles. The number of para-hydroxylation sites is 1. The standard InChI is InChI=1S/C17H22N4O2/c1-4-21(5-2)17-18-11-10-14(20-17)16(22)19-12-13-8-6-7-9-15(13)23-3/h6-11H,4-5,12H2,1-3H3,(H,19,22). The minimum absolute atomic E-state index is 0.230. The zero-order valence-corrected chi connectivity index (χ0v) is 13.7. The first-order valence-corrected chi connectivity index (χ1v) is 7.67. The van der Waals surface area contributed by atoms with Gasteiger partial charge in [0.2, 0.25) is 5.95 Å². The van der Waals surface area contributed by atoms with Crippen molar-refractivity contribution in [2.75, 3.05) is 25.1 Å². The van der Waals surface area contributed by atoms with E-state index in [9.17, 15) is 4.79 Å². The smallest absolute Gasteiger partial charge is 0.270 e. The van der Waals surface area contributed by atoms with Crippen LogP contribution in [-0.4, -0.2) is 36.1 Å². The molecule has 1 aromatic carbocycles. The van der Waals surface area contributed by atoms with Crippen molar-refractivity contribution in [2.45, 2.75) is 20.4 Å². The highest BCUT2D eigenvalue weighted by molar-refractivity contribution is 5.92. The molecule has 23 heavy (non-hydrogen) atoms. The van der Waals surface area contributed by atoms with Crippen molar-refractivity contribution in [1.82, 2.24) is 15.3 Å². The Bertz CT molecular complexity index is 657. The van der Waals surface area contributed by atoms with Gasteiger partial charge in [-0.05, 0) is 26.0 Å². The molecule has 6 nitrogen and oxygen atoms in total. The number of anilines is 1. The molecule has 0 aliphatic rings. The van der Waals surface area contributed by atoms with E-state index >= 15 is 0 Å². The summed E-state index contributed by atoms with van der Waals surface area (Å²) in [5, 5.41) is 2.86. The van der Waals surface area contributed by atoms with Gasteiger partial charge in [0.1, 0.15) is 11.4 Å². The second kappa shape index (κ2) is 8.12. The Morgan fingerprint density at radius 2 is 1.96 bits per heavy atom. The molecule has 1 amide bonds. The maximum Gasteiger partial charge on any atom is 0.270 e. The summed E-state index contributed by atoms with van der Waals surface area (Å²) in [4.78, 5) is 22.9. The van der Waals surface area contributed by atoms with E-state index in [-0.39, 0.29) is 5.91 Å².